The Hall–Kier alpha value is -3.65. The first-order valence-electron chi connectivity index (χ1n) is 10.2. The molecule has 0 unspecified atom stereocenters. The third-order valence-electron chi connectivity index (χ3n) is 5.35. The highest BCUT2D eigenvalue weighted by Gasteiger charge is 2.17. The number of pyridine rings is 1. The Balaban J connectivity index is 1.77. The van der Waals surface area contributed by atoms with Gasteiger partial charge >= 0.3 is 0 Å². The molecule has 0 bridgehead atoms. The number of aromatic nitrogens is 1. The van der Waals surface area contributed by atoms with Gasteiger partial charge in [-0.05, 0) is 47.5 Å². The molecule has 148 valence electrons. The quantitative estimate of drug-likeness (QED) is 0.374. The molecule has 0 radical (unpaired) electrons. The summed E-state index contributed by atoms with van der Waals surface area (Å²) in [5.74, 6) is 0. The number of anilines is 1. The smallest absolute Gasteiger partial charge is 0.213 e. The molecule has 30 heavy (non-hydrogen) atoms. The number of benzene rings is 3. The van der Waals surface area contributed by atoms with Crippen molar-refractivity contribution in [1.82, 2.24) is 0 Å². The second-order valence-corrected chi connectivity index (χ2v) is 7.67. The maximum atomic E-state index is 2.27. The Bertz CT molecular complexity index is 1080. The summed E-state index contributed by atoms with van der Waals surface area (Å²) in [4.78, 5) is 2.11. The molecule has 0 atom stereocenters. The van der Waals surface area contributed by atoms with Gasteiger partial charge in [0.2, 0.25) is 11.4 Å². The fraction of sp³-hybridized carbons (Fsp3) is 0.107. The first-order valence-corrected chi connectivity index (χ1v) is 10.2. The summed E-state index contributed by atoms with van der Waals surface area (Å²) in [5.41, 5.74) is 8.39. The molecule has 0 aliphatic rings. The van der Waals surface area contributed by atoms with E-state index >= 15 is 0 Å². The van der Waals surface area contributed by atoms with E-state index in [1.54, 1.807) is 0 Å². The van der Waals surface area contributed by atoms with E-state index in [1.807, 2.05) is 0 Å². The van der Waals surface area contributed by atoms with Crippen molar-refractivity contribution in [3.63, 3.8) is 0 Å². The zero-order chi connectivity index (χ0) is 20.9. The normalized spacial score (nSPS) is 11.0. The molecular formula is C28H27N2+. The van der Waals surface area contributed by atoms with Crippen LogP contribution < -0.4 is 9.47 Å². The molecule has 4 aromatic rings. The van der Waals surface area contributed by atoms with Gasteiger partial charge in [0, 0.05) is 43.0 Å². The molecule has 0 spiro atoms. The van der Waals surface area contributed by atoms with Crippen molar-refractivity contribution < 1.29 is 4.57 Å². The lowest BCUT2D eigenvalue weighted by atomic mass is 10.0. The SMILES string of the molecule is CN(C)c1ccc(/C=C/c2cc(-c3ccccc3)[n+](C)c(-c3ccccc3)c2)cc1. The summed E-state index contributed by atoms with van der Waals surface area (Å²) in [6.45, 7) is 0. The molecule has 0 aliphatic heterocycles. The number of hydrogen-bond donors (Lipinski definition) is 0. The van der Waals surface area contributed by atoms with E-state index in [9.17, 15) is 0 Å². The van der Waals surface area contributed by atoms with E-state index in [-0.39, 0.29) is 0 Å². The topological polar surface area (TPSA) is 7.12 Å². The molecule has 3 aromatic carbocycles. The van der Waals surface area contributed by atoms with Crippen molar-refractivity contribution >= 4 is 17.8 Å². The average molecular weight is 392 g/mol. The van der Waals surface area contributed by atoms with E-state index in [0.717, 1.165) is 0 Å². The van der Waals surface area contributed by atoms with Crippen molar-refractivity contribution in [2.75, 3.05) is 19.0 Å². The summed E-state index contributed by atoms with van der Waals surface area (Å²) in [6, 6.07) is 34.3. The van der Waals surface area contributed by atoms with E-state index in [0.29, 0.717) is 0 Å². The van der Waals surface area contributed by atoms with Gasteiger partial charge < -0.3 is 4.90 Å². The molecule has 1 heterocycles. The Labute approximate surface area is 179 Å². The van der Waals surface area contributed by atoms with Crippen LogP contribution in [0.4, 0.5) is 5.69 Å². The Morgan fingerprint density at radius 3 is 1.53 bits per heavy atom. The molecule has 0 saturated heterocycles. The summed E-state index contributed by atoms with van der Waals surface area (Å²) in [5, 5.41) is 0. The Kier molecular flexibility index (Phi) is 5.76. The fourth-order valence-electron chi connectivity index (χ4n) is 3.62. The van der Waals surface area contributed by atoms with Crippen LogP contribution in [0.5, 0.6) is 0 Å². The molecule has 0 N–H and O–H groups in total. The first kappa shape index (κ1) is 19.7. The maximum Gasteiger partial charge on any atom is 0.213 e. The average Bonchev–Trinajstić information content (AvgIpc) is 2.80. The van der Waals surface area contributed by atoms with Crippen molar-refractivity contribution in [3.8, 4) is 22.5 Å². The van der Waals surface area contributed by atoms with E-state index in [4.69, 9.17) is 0 Å². The minimum atomic E-state index is 1.18. The van der Waals surface area contributed by atoms with Crippen molar-refractivity contribution in [1.29, 1.82) is 0 Å². The minimum Gasteiger partial charge on any atom is -0.378 e. The van der Waals surface area contributed by atoms with Gasteiger partial charge in [0.05, 0.1) is 0 Å². The number of hydrogen-bond acceptors (Lipinski definition) is 1. The molecule has 0 aliphatic carbocycles. The minimum absolute atomic E-state index is 1.18. The molecule has 0 saturated carbocycles. The molecule has 1 aromatic heterocycles. The van der Waals surface area contributed by atoms with Crippen LogP contribution in [0.15, 0.2) is 97.1 Å². The molecule has 0 fully saturated rings. The van der Waals surface area contributed by atoms with Crippen LogP contribution in [0.2, 0.25) is 0 Å². The van der Waals surface area contributed by atoms with E-state index in [2.05, 4.69) is 140 Å². The van der Waals surface area contributed by atoms with Crippen LogP contribution >= 0.6 is 0 Å². The van der Waals surface area contributed by atoms with Gasteiger partial charge in [-0.15, -0.1) is 0 Å². The second kappa shape index (κ2) is 8.79. The largest absolute Gasteiger partial charge is 0.378 e. The van der Waals surface area contributed by atoms with Gasteiger partial charge in [0.1, 0.15) is 7.05 Å². The van der Waals surface area contributed by atoms with Gasteiger partial charge in [0.15, 0.2) is 0 Å². The molecular weight excluding hydrogens is 364 g/mol. The number of nitrogens with zero attached hydrogens (tertiary/aromatic N) is 2. The second-order valence-electron chi connectivity index (χ2n) is 7.67. The number of rotatable bonds is 5. The summed E-state index contributed by atoms with van der Waals surface area (Å²) in [6.07, 6.45) is 4.38. The van der Waals surface area contributed by atoms with Gasteiger partial charge in [0.25, 0.3) is 0 Å². The predicted molar refractivity (Wildman–Crippen MR) is 128 cm³/mol. The highest BCUT2D eigenvalue weighted by atomic mass is 15.1. The van der Waals surface area contributed by atoms with E-state index in [1.165, 1.54) is 39.3 Å². The zero-order valence-electron chi connectivity index (χ0n) is 17.8. The fourth-order valence-corrected chi connectivity index (χ4v) is 3.62. The monoisotopic (exact) mass is 391 g/mol. The van der Waals surface area contributed by atoms with Crippen LogP contribution in [0.1, 0.15) is 11.1 Å². The lowest BCUT2D eigenvalue weighted by Gasteiger charge is -2.11. The van der Waals surface area contributed by atoms with Crippen LogP contribution in [-0.4, -0.2) is 14.1 Å². The van der Waals surface area contributed by atoms with Gasteiger partial charge in [-0.3, -0.25) is 0 Å². The Morgan fingerprint density at radius 2 is 1.07 bits per heavy atom. The van der Waals surface area contributed by atoms with Gasteiger partial charge in [-0.2, -0.15) is 4.57 Å². The summed E-state index contributed by atoms with van der Waals surface area (Å²) >= 11 is 0. The molecule has 2 heteroatoms. The third-order valence-corrected chi connectivity index (χ3v) is 5.35. The molecule has 0 amide bonds. The first-order chi connectivity index (χ1) is 14.6. The highest BCUT2D eigenvalue weighted by Crippen LogP contribution is 2.24. The lowest BCUT2D eigenvalue weighted by molar-refractivity contribution is -0.649. The lowest BCUT2D eigenvalue weighted by Crippen LogP contribution is -2.34. The predicted octanol–water partition coefficient (Wildman–Crippen LogP) is 6.08. The van der Waals surface area contributed by atoms with Gasteiger partial charge in [-0.25, -0.2) is 0 Å². The van der Waals surface area contributed by atoms with E-state index < -0.39 is 0 Å². The molecule has 2 nitrogen and oxygen atoms in total. The zero-order valence-corrected chi connectivity index (χ0v) is 17.8. The highest BCUT2D eigenvalue weighted by molar-refractivity contribution is 5.74. The van der Waals surface area contributed by atoms with Crippen LogP contribution in [0.3, 0.4) is 0 Å². The van der Waals surface area contributed by atoms with Crippen molar-refractivity contribution in [2.24, 2.45) is 7.05 Å². The summed E-state index contributed by atoms with van der Waals surface area (Å²) < 4.78 is 2.27. The van der Waals surface area contributed by atoms with Crippen LogP contribution in [0, 0.1) is 0 Å². The standard InChI is InChI=1S/C28H27N2/c1-29(2)26-18-16-22(17-19-26)14-15-23-20-27(24-10-6-4-7-11-24)30(3)28(21-23)25-12-8-5-9-13-25/h4-21H,1-3H3/q+1. The van der Waals surface area contributed by atoms with Crippen molar-refractivity contribution in [3.05, 3.63) is 108 Å². The Morgan fingerprint density at radius 1 is 0.600 bits per heavy atom. The van der Waals surface area contributed by atoms with Crippen LogP contribution in [-0.2, 0) is 7.05 Å². The third kappa shape index (κ3) is 4.33. The maximum absolute atomic E-state index is 2.27. The van der Waals surface area contributed by atoms with Crippen molar-refractivity contribution in [2.45, 2.75) is 0 Å². The molecule has 4 rings (SSSR count). The summed E-state index contributed by atoms with van der Waals surface area (Å²) in [7, 11) is 6.26. The van der Waals surface area contributed by atoms with Crippen LogP contribution in [0.25, 0.3) is 34.7 Å². The van der Waals surface area contributed by atoms with Gasteiger partial charge in [-0.1, -0.05) is 60.7 Å².